The lowest BCUT2D eigenvalue weighted by Crippen LogP contribution is -2.40. The van der Waals surface area contributed by atoms with Gasteiger partial charge in [0.05, 0.1) is 6.10 Å². The third kappa shape index (κ3) is 3.58. The molecule has 2 rings (SSSR count). The molecule has 1 aromatic carbocycles. The Labute approximate surface area is 117 Å². The molecule has 0 amide bonds. The average molecular weight is 261 g/mol. The fourth-order valence-corrected chi connectivity index (χ4v) is 3.27. The highest BCUT2D eigenvalue weighted by Crippen LogP contribution is 2.35. The SMILES string of the molecule is CCNC(CC1CCCc2ccccc21)C(C)OC. The number of fused-ring (bicyclic) bond motifs is 1. The summed E-state index contributed by atoms with van der Waals surface area (Å²) in [5.74, 6) is 0.687. The van der Waals surface area contributed by atoms with Crippen molar-refractivity contribution in [2.24, 2.45) is 0 Å². The van der Waals surface area contributed by atoms with Gasteiger partial charge in [0, 0.05) is 13.2 Å². The van der Waals surface area contributed by atoms with Gasteiger partial charge >= 0.3 is 0 Å². The number of likely N-dealkylation sites (N-methyl/N-ethyl adjacent to an activating group) is 1. The first-order chi connectivity index (χ1) is 9.26. The van der Waals surface area contributed by atoms with Gasteiger partial charge in [0.1, 0.15) is 0 Å². The van der Waals surface area contributed by atoms with Crippen molar-refractivity contribution in [2.45, 2.75) is 57.6 Å². The standard InChI is InChI=1S/C17H27NO/c1-4-18-17(13(2)19-3)12-15-10-7-9-14-8-5-6-11-16(14)15/h5-6,8,11,13,15,17-18H,4,7,9-10,12H2,1-3H3. The number of nitrogens with one attached hydrogen (secondary N) is 1. The molecule has 0 spiro atoms. The minimum Gasteiger partial charge on any atom is -0.380 e. The highest BCUT2D eigenvalue weighted by Gasteiger charge is 2.25. The summed E-state index contributed by atoms with van der Waals surface area (Å²) in [5.41, 5.74) is 3.12. The van der Waals surface area contributed by atoms with Crippen LogP contribution in [0.3, 0.4) is 0 Å². The van der Waals surface area contributed by atoms with Crippen LogP contribution in [0.25, 0.3) is 0 Å². The van der Waals surface area contributed by atoms with Gasteiger partial charge in [0.15, 0.2) is 0 Å². The zero-order valence-corrected chi connectivity index (χ0v) is 12.5. The predicted octanol–water partition coefficient (Wildman–Crippen LogP) is 3.51. The van der Waals surface area contributed by atoms with E-state index in [9.17, 15) is 0 Å². The number of methoxy groups -OCH3 is 1. The monoisotopic (exact) mass is 261 g/mol. The molecule has 0 aromatic heterocycles. The van der Waals surface area contributed by atoms with Gasteiger partial charge in [-0.05, 0) is 56.2 Å². The molecule has 19 heavy (non-hydrogen) atoms. The molecule has 3 unspecified atom stereocenters. The number of aryl methyl sites for hydroxylation is 1. The fraction of sp³-hybridized carbons (Fsp3) is 0.647. The van der Waals surface area contributed by atoms with E-state index >= 15 is 0 Å². The van der Waals surface area contributed by atoms with Gasteiger partial charge < -0.3 is 10.1 Å². The Balaban J connectivity index is 2.10. The van der Waals surface area contributed by atoms with E-state index in [1.54, 1.807) is 11.1 Å². The predicted molar refractivity (Wildman–Crippen MR) is 80.7 cm³/mol. The number of hydrogen-bond acceptors (Lipinski definition) is 2. The molecule has 0 fully saturated rings. The second kappa shape index (κ2) is 7.06. The second-order valence-electron chi connectivity index (χ2n) is 5.63. The van der Waals surface area contributed by atoms with Gasteiger partial charge in [-0.2, -0.15) is 0 Å². The van der Waals surface area contributed by atoms with Crippen molar-refractivity contribution in [3.05, 3.63) is 35.4 Å². The van der Waals surface area contributed by atoms with Gasteiger partial charge in [-0.25, -0.2) is 0 Å². The largest absolute Gasteiger partial charge is 0.380 e. The van der Waals surface area contributed by atoms with E-state index in [1.807, 2.05) is 7.11 Å². The highest BCUT2D eigenvalue weighted by atomic mass is 16.5. The van der Waals surface area contributed by atoms with Gasteiger partial charge in [0.2, 0.25) is 0 Å². The van der Waals surface area contributed by atoms with E-state index in [1.165, 1.54) is 25.7 Å². The summed E-state index contributed by atoms with van der Waals surface area (Å²) in [6, 6.07) is 9.41. The molecular weight excluding hydrogens is 234 g/mol. The van der Waals surface area contributed by atoms with E-state index in [0.717, 1.165) is 6.54 Å². The Bertz CT molecular complexity index is 391. The summed E-state index contributed by atoms with van der Waals surface area (Å²) in [4.78, 5) is 0. The van der Waals surface area contributed by atoms with Crippen LogP contribution < -0.4 is 5.32 Å². The van der Waals surface area contributed by atoms with Crippen LogP contribution in [-0.2, 0) is 11.2 Å². The average Bonchev–Trinajstić information content (AvgIpc) is 2.46. The summed E-state index contributed by atoms with van der Waals surface area (Å²) in [6.45, 7) is 5.35. The third-order valence-corrected chi connectivity index (χ3v) is 4.44. The van der Waals surface area contributed by atoms with Crippen LogP contribution in [0, 0.1) is 0 Å². The van der Waals surface area contributed by atoms with Crippen molar-refractivity contribution in [1.29, 1.82) is 0 Å². The van der Waals surface area contributed by atoms with E-state index < -0.39 is 0 Å². The minimum atomic E-state index is 0.272. The van der Waals surface area contributed by atoms with Crippen molar-refractivity contribution in [1.82, 2.24) is 5.32 Å². The van der Waals surface area contributed by atoms with Gasteiger partial charge in [-0.3, -0.25) is 0 Å². The summed E-state index contributed by atoms with van der Waals surface area (Å²) in [7, 11) is 1.81. The van der Waals surface area contributed by atoms with Crippen LogP contribution in [0.2, 0.25) is 0 Å². The molecule has 0 radical (unpaired) electrons. The van der Waals surface area contributed by atoms with E-state index in [-0.39, 0.29) is 6.10 Å². The van der Waals surface area contributed by atoms with Gasteiger partial charge in [0.25, 0.3) is 0 Å². The zero-order chi connectivity index (χ0) is 13.7. The molecule has 0 heterocycles. The number of rotatable bonds is 6. The first kappa shape index (κ1) is 14.5. The molecule has 2 nitrogen and oxygen atoms in total. The second-order valence-corrected chi connectivity index (χ2v) is 5.63. The van der Waals surface area contributed by atoms with E-state index in [2.05, 4.69) is 43.4 Å². The Morgan fingerprint density at radius 2 is 2.16 bits per heavy atom. The fourth-order valence-electron chi connectivity index (χ4n) is 3.27. The number of ether oxygens (including phenoxy) is 1. The maximum Gasteiger partial charge on any atom is 0.0696 e. The van der Waals surface area contributed by atoms with Crippen LogP contribution in [0.4, 0.5) is 0 Å². The van der Waals surface area contributed by atoms with Crippen molar-refractivity contribution in [3.8, 4) is 0 Å². The lowest BCUT2D eigenvalue weighted by molar-refractivity contribution is 0.0773. The first-order valence-electron chi connectivity index (χ1n) is 7.60. The third-order valence-electron chi connectivity index (χ3n) is 4.44. The smallest absolute Gasteiger partial charge is 0.0696 e. The van der Waals surface area contributed by atoms with Crippen LogP contribution in [0.15, 0.2) is 24.3 Å². The topological polar surface area (TPSA) is 21.3 Å². The van der Waals surface area contributed by atoms with Gasteiger partial charge in [-0.15, -0.1) is 0 Å². The molecule has 106 valence electrons. The Morgan fingerprint density at radius 1 is 1.37 bits per heavy atom. The Kier molecular flexibility index (Phi) is 5.41. The van der Waals surface area contributed by atoms with Gasteiger partial charge in [-0.1, -0.05) is 31.2 Å². The van der Waals surface area contributed by atoms with Crippen LogP contribution >= 0.6 is 0 Å². The highest BCUT2D eigenvalue weighted by molar-refractivity contribution is 5.32. The molecule has 0 aliphatic heterocycles. The quantitative estimate of drug-likeness (QED) is 0.846. The lowest BCUT2D eigenvalue weighted by atomic mass is 9.79. The molecule has 3 atom stereocenters. The number of hydrogen-bond donors (Lipinski definition) is 1. The van der Waals surface area contributed by atoms with E-state index in [0.29, 0.717) is 12.0 Å². The normalized spacial score (nSPS) is 21.7. The van der Waals surface area contributed by atoms with Crippen LogP contribution in [-0.4, -0.2) is 25.8 Å². The Morgan fingerprint density at radius 3 is 2.89 bits per heavy atom. The van der Waals surface area contributed by atoms with Crippen LogP contribution in [0.5, 0.6) is 0 Å². The molecule has 1 N–H and O–H groups in total. The molecule has 1 aromatic rings. The molecule has 0 bridgehead atoms. The molecule has 1 aliphatic carbocycles. The molecule has 0 saturated carbocycles. The lowest BCUT2D eigenvalue weighted by Gasteiger charge is -2.31. The van der Waals surface area contributed by atoms with Crippen molar-refractivity contribution in [3.63, 3.8) is 0 Å². The minimum absolute atomic E-state index is 0.272. The van der Waals surface area contributed by atoms with Crippen molar-refractivity contribution >= 4 is 0 Å². The maximum atomic E-state index is 5.53. The molecular formula is C17H27NO. The van der Waals surface area contributed by atoms with E-state index in [4.69, 9.17) is 4.74 Å². The van der Waals surface area contributed by atoms with Crippen molar-refractivity contribution < 1.29 is 4.74 Å². The molecule has 1 aliphatic rings. The maximum absolute atomic E-state index is 5.53. The van der Waals surface area contributed by atoms with Crippen molar-refractivity contribution in [2.75, 3.05) is 13.7 Å². The Hall–Kier alpha value is -0.860. The molecule has 2 heteroatoms. The zero-order valence-electron chi connectivity index (χ0n) is 12.5. The summed E-state index contributed by atoms with van der Waals surface area (Å²) in [5, 5.41) is 3.59. The first-order valence-corrected chi connectivity index (χ1v) is 7.60. The number of benzene rings is 1. The summed E-state index contributed by atoms with van der Waals surface area (Å²) >= 11 is 0. The van der Waals surface area contributed by atoms with Crippen LogP contribution in [0.1, 0.15) is 50.2 Å². The summed E-state index contributed by atoms with van der Waals surface area (Å²) < 4.78 is 5.53. The molecule has 0 saturated heterocycles. The summed E-state index contributed by atoms with van der Waals surface area (Å²) in [6.07, 6.45) is 5.34.